The van der Waals surface area contributed by atoms with Crippen molar-refractivity contribution in [1.29, 1.82) is 0 Å². The van der Waals surface area contributed by atoms with Crippen LogP contribution in [-0.4, -0.2) is 16.7 Å². The Bertz CT molecular complexity index is 525. The standard InChI is InChI=1S/C14H18FN3O/c1-10(2)8-16-9-14-17-13(18-19-14)7-11-5-3-4-6-12(11)15/h3-6,10,16H,7-9H2,1-2H3. The Morgan fingerprint density at radius 2 is 2.11 bits per heavy atom. The highest BCUT2D eigenvalue weighted by atomic mass is 19.1. The molecule has 1 aromatic heterocycles. The zero-order valence-corrected chi connectivity index (χ0v) is 11.2. The zero-order chi connectivity index (χ0) is 13.7. The van der Waals surface area contributed by atoms with Gasteiger partial charge in [0.05, 0.1) is 6.54 Å². The molecule has 0 saturated heterocycles. The summed E-state index contributed by atoms with van der Waals surface area (Å²) in [6, 6.07) is 6.61. The van der Waals surface area contributed by atoms with E-state index in [2.05, 4.69) is 29.3 Å². The summed E-state index contributed by atoms with van der Waals surface area (Å²) in [7, 11) is 0. The van der Waals surface area contributed by atoms with Gasteiger partial charge in [-0.25, -0.2) is 4.39 Å². The molecule has 2 rings (SSSR count). The third-order valence-electron chi connectivity index (χ3n) is 2.65. The van der Waals surface area contributed by atoms with Gasteiger partial charge in [-0.05, 0) is 24.1 Å². The summed E-state index contributed by atoms with van der Waals surface area (Å²) < 4.78 is 18.6. The normalized spacial score (nSPS) is 11.2. The third-order valence-corrected chi connectivity index (χ3v) is 2.65. The van der Waals surface area contributed by atoms with Crippen LogP contribution >= 0.6 is 0 Å². The van der Waals surface area contributed by atoms with Crippen LogP contribution < -0.4 is 5.32 Å². The van der Waals surface area contributed by atoms with Crippen molar-refractivity contribution in [2.24, 2.45) is 5.92 Å². The van der Waals surface area contributed by atoms with Gasteiger partial charge in [0.1, 0.15) is 5.82 Å². The summed E-state index contributed by atoms with van der Waals surface area (Å²) in [6.07, 6.45) is 0.348. The number of nitrogens with zero attached hydrogens (tertiary/aromatic N) is 2. The second-order valence-corrected chi connectivity index (χ2v) is 4.90. The summed E-state index contributed by atoms with van der Waals surface area (Å²) in [6.45, 7) is 5.70. The average Bonchev–Trinajstić information content (AvgIpc) is 2.79. The molecule has 0 aliphatic carbocycles. The van der Waals surface area contributed by atoms with Gasteiger partial charge in [0.15, 0.2) is 5.82 Å². The fourth-order valence-electron chi connectivity index (χ4n) is 1.71. The van der Waals surface area contributed by atoms with E-state index in [0.29, 0.717) is 36.2 Å². The second kappa shape index (κ2) is 6.43. The Morgan fingerprint density at radius 1 is 1.32 bits per heavy atom. The first-order valence-electron chi connectivity index (χ1n) is 6.40. The van der Waals surface area contributed by atoms with Crippen LogP contribution in [0.25, 0.3) is 0 Å². The predicted molar refractivity (Wildman–Crippen MR) is 70.0 cm³/mol. The number of hydrogen-bond donors (Lipinski definition) is 1. The fourth-order valence-corrected chi connectivity index (χ4v) is 1.71. The SMILES string of the molecule is CC(C)CNCc1nc(Cc2ccccc2F)no1. The molecule has 0 bridgehead atoms. The van der Waals surface area contributed by atoms with Crippen LogP contribution in [0, 0.1) is 11.7 Å². The lowest BCUT2D eigenvalue weighted by Crippen LogP contribution is -2.19. The van der Waals surface area contributed by atoms with E-state index in [1.54, 1.807) is 18.2 Å². The molecular weight excluding hydrogens is 245 g/mol. The lowest BCUT2D eigenvalue weighted by molar-refractivity contribution is 0.359. The van der Waals surface area contributed by atoms with E-state index in [-0.39, 0.29) is 5.82 Å². The minimum absolute atomic E-state index is 0.244. The number of aromatic nitrogens is 2. The molecule has 4 nitrogen and oxygen atoms in total. The molecule has 0 spiro atoms. The first-order chi connectivity index (χ1) is 9.15. The second-order valence-electron chi connectivity index (χ2n) is 4.90. The quantitative estimate of drug-likeness (QED) is 0.870. The zero-order valence-electron chi connectivity index (χ0n) is 11.2. The number of nitrogens with one attached hydrogen (secondary N) is 1. The fraction of sp³-hybridized carbons (Fsp3) is 0.429. The van der Waals surface area contributed by atoms with E-state index in [4.69, 9.17) is 4.52 Å². The molecular formula is C14H18FN3O. The topological polar surface area (TPSA) is 51.0 Å². The Balaban J connectivity index is 1.92. The molecule has 19 heavy (non-hydrogen) atoms. The van der Waals surface area contributed by atoms with Crippen LogP contribution in [0.1, 0.15) is 31.1 Å². The van der Waals surface area contributed by atoms with Crippen LogP contribution in [0.5, 0.6) is 0 Å². The maximum Gasteiger partial charge on any atom is 0.240 e. The Morgan fingerprint density at radius 3 is 2.84 bits per heavy atom. The van der Waals surface area contributed by atoms with E-state index in [9.17, 15) is 4.39 Å². The van der Waals surface area contributed by atoms with Crippen molar-refractivity contribution in [3.8, 4) is 0 Å². The summed E-state index contributed by atoms with van der Waals surface area (Å²) in [5.41, 5.74) is 0.574. The van der Waals surface area contributed by atoms with E-state index < -0.39 is 0 Å². The van der Waals surface area contributed by atoms with E-state index in [1.165, 1.54) is 6.07 Å². The van der Waals surface area contributed by atoms with Crippen molar-refractivity contribution in [2.75, 3.05) is 6.54 Å². The maximum absolute atomic E-state index is 13.5. The van der Waals surface area contributed by atoms with Crippen molar-refractivity contribution in [2.45, 2.75) is 26.8 Å². The highest BCUT2D eigenvalue weighted by Gasteiger charge is 2.09. The molecule has 0 fully saturated rings. The minimum atomic E-state index is -0.244. The molecule has 0 amide bonds. The molecule has 1 heterocycles. The van der Waals surface area contributed by atoms with Crippen molar-refractivity contribution >= 4 is 0 Å². The minimum Gasteiger partial charge on any atom is -0.338 e. The van der Waals surface area contributed by atoms with Gasteiger partial charge in [0, 0.05) is 6.42 Å². The number of rotatable bonds is 6. The molecule has 0 radical (unpaired) electrons. The van der Waals surface area contributed by atoms with Crippen molar-refractivity contribution in [3.05, 3.63) is 47.4 Å². The largest absolute Gasteiger partial charge is 0.338 e. The molecule has 1 aromatic carbocycles. The van der Waals surface area contributed by atoms with Crippen LogP contribution in [0.2, 0.25) is 0 Å². The first kappa shape index (κ1) is 13.7. The Kier molecular flexibility index (Phi) is 4.63. The van der Waals surface area contributed by atoms with E-state index in [0.717, 1.165) is 6.54 Å². The summed E-state index contributed by atoms with van der Waals surface area (Å²) >= 11 is 0. The summed E-state index contributed by atoms with van der Waals surface area (Å²) in [5.74, 6) is 1.37. The predicted octanol–water partition coefficient (Wildman–Crippen LogP) is 2.55. The number of halogens is 1. The molecule has 0 aliphatic heterocycles. The van der Waals surface area contributed by atoms with Gasteiger partial charge in [-0.3, -0.25) is 0 Å². The van der Waals surface area contributed by atoms with Crippen molar-refractivity contribution in [3.63, 3.8) is 0 Å². The van der Waals surface area contributed by atoms with Crippen LogP contribution in [0.4, 0.5) is 4.39 Å². The van der Waals surface area contributed by atoms with Crippen LogP contribution in [0.15, 0.2) is 28.8 Å². The van der Waals surface area contributed by atoms with Gasteiger partial charge in [-0.15, -0.1) is 0 Å². The van der Waals surface area contributed by atoms with Crippen LogP contribution in [0.3, 0.4) is 0 Å². The van der Waals surface area contributed by atoms with Gasteiger partial charge in [0.25, 0.3) is 0 Å². The summed E-state index contributed by atoms with van der Waals surface area (Å²) in [4.78, 5) is 4.24. The highest BCUT2D eigenvalue weighted by molar-refractivity contribution is 5.20. The monoisotopic (exact) mass is 263 g/mol. The molecule has 0 atom stereocenters. The maximum atomic E-state index is 13.5. The smallest absolute Gasteiger partial charge is 0.240 e. The molecule has 5 heteroatoms. The van der Waals surface area contributed by atoms with Crippen LogP contribution in [-0.2, 0) is 13.0 Å². The molecule has 102 valence electrons. The lowest BCUT2D eigenvalue weighted by Gasteiger charge is -2.03. The molecule has 0 unspecified atom stereocenters. The number of hydrogen-bond acceptors (Lipinski definition) is 4. The Labute approximate surface area is 112 Å². The first-order valence-corrected chi connectivity index (χ1v) is 6.40. The van der Waals surface area contributed by atoms with Gasteiger partial charge < -0.3 is 9.84 Å². The number of benzene rings is 1. The van der Waals surface area contributed by atoms with Gasteiger partial charge in [0.2, 0.25) is 5.89 Å². The van der Waals surface area contributed by atoms with Crippen molar-refractivity contribution in [1.82, 2.24) is 15.5 Å². The molecule has 0 saturated carbocycles. The average molecular weight is 263 g/mol. The third kappa shape index (κ3) is 4.13. The van der Waals surface area contributed by atoms with E-state index in [1.807, 2.05) is 0 Å². The highest BCUT2D eigenvalue weighted by Crippen LogP contribution is 2.11. The van der Waals surface area contributed by atoms with Gasteiger partial charge in [-0.1, -0.05) is 37.2 Å². The molecule has 1 N–H and O–H groups in total. The lowest BCUT2D eigenvalue weighted by atomic mass is 10.1. The van der Waals surface area contributed by atoms with Gasteiger partial charge >= 0.3 is 0 Å². The van der Waals surface area contributed by atoms with Crippen molar-refractivity contribution < 1.29 is 8.91 Å². The Hall–Kier alpha value is -1.75. The molecule has 2 aromatic rings. The van der Waals surface area contributed by atoms with E-state index >= 15 is 0 Å². The van der Waals surface area contributed by atoms with Gasteiger partial charge in [-0.2, -0.15) is 4.98 Å². The summed E-state index contributed by atoms with van der Waals surface area (Å²) in [5, 5.41) is 7.08. The molecule has 0 aliphatic rings.